The topological polar surface area (TPSA) is 118 Å². The highest BCUT2D eigenvalue weighted by Gasteiger charge is 2.52. The molecule has 12 nitrogen and oxygen atoms in total. The second kappa shape index (κ2) is 14.4. The Balaban J connectivity index is 1.41. The van der Waals surface area contributed by atoms with Crippen molar-refractivity contribution < 1.29 is 23.9 Å². The number of benzene rings is 3. The van der Waals surface area contributed by atoms with E-state index in [-0.39, 0.29) is 43.9 Å². The van der Waals surface area contributed by atoms with E-state index in [4.69, 9.17) is 4.74 Å². The standard InChI is InChI=1S/C34H41N7O5/c1-5-18-39(33(44)35-2)40-23-31(42)41-29(20-24-13-15-27(16-14-24)46-34(45)36-17-19-37(3)4)32(43)38(22-30(40)41)21-26-11-8-10-25-9-6-7-12-28(25)26/h5-16,29-30H,1,17-23H2,2-4H3,(H,35,44)(H,36,45)/t29?,30-/m1/s1. The summed E-state index contributed by atoms with van der Waals surface area (Å²) in [5.74, 6) is -0.0405. The maximum Gasteiger partial charge on any atom is 0.412 e. The summed E-state index contributed by atoms with van der Waals surface area (Å²) in [7, 11) is 5.37. The van der Waals surface area contributed by atoms with Crippen LogP contribution in [0.5, 0.6) is 5.75 Å². The first-order valence-corrected chi connectivity index (χ1v) is 15.3. The van der Waals surface area contributed by atoms with E-state index in [1.807, 2.05) is 61.5 Å². The zero-order valence-electron chi connectivity index (χ0n) is 26.5. The van der Waals surface area contributed by atoms with Gasteiger partial charge in [0.15, 0.2) is 0 Å². The van der Waals surface area contributed by atoms with Crippen molar-refractivity contribution in [3.05, 3.63) is 90.5 Å². The van der Waals surface area contributed by atoms with Crippen molar-refractivity contribution in [3.63, 3.8) is 0 Å². The number of carbonyl (C=O) groups excluding carboxylic acids is 4. The molecule has 2 aliphatic rings. The van der Waals surface area contributed by atoms with Crippen molar-refractivity contribution in [2.45, 2.75) is 25.2 Å². The highest BCUT2D eigenvalue weighted by Crippen LogP contribution is 2.31. The van der Waals surface area contributed by atoms with Crippen LogP contribution in [0.1, 0.15) is 11.1 Å². The van der Waals surface area contributed by atoms with E-state index < -0.39 is 18.3 Å². The molecule has 0 aromatic heterocycles. The molecule has 12 heteroatoms. The summed E-state index contributed by atoms with van der Waals surface area (Å²) in [5.41, 5.74) is 1.79. The molecule has 0 bridgehead atoms. The van der Waals surface area contributed by atoms with Gasteiger partial charge in [-0.3, -0.25) is 14.6 Å². The quantitative estimate of drug-likeness (QED) is 0.314. The second-order valence-corrected chi connectivity index (χ2v) is 11.6. The molecule has 2 aliphatic heterocycles. The molecule has 2 saturated heterocycles. The fraction of sp³-hybridized carbons (Fsp3) is 0.353. The molecule has 1 unspecified atom stereocenters. The third-order valence-electron chi connectivity index (χ3n) is 8.26. The molecule has 0 spiro atoms. The summed E-state index contributed by atoms with van der Waals surface area (Å²) in [5, 5.41) is 10.7. The minimum Gasteiger partial charge on any atom is -0.410 e. The minimum absolute atomic E-state index is 0.0481. The number of nitrogens with zero attached hydrogens (tertiary/aromatic N) is 5. The molecule has 2 fully saturated rings. The van der Waals surface area contributed by atoms with Gasteiger partial charge in [-0.2, -0.15) is 5.01 Å². The van der Waals surface area contributed by atoms with E-state index in [1.54, 1.807) is 45.2 Å². The van der Waals surface area contributed by atoms with E-state index in [0.717, 1.165) is 21.9 Å². The summed E-state index contributed by atoms with van der Waals surface area (Å²) < 4.78 is 5.40. The van der Waals surface area contributed by atoms with Gasteiger partial charge in [0.1, 0.15) is 18.0 Å². The number of ether oxygens (including phenoxy) is 1. The van der Waals surface area contributed by atoms with Crippen LogP contribution in [0.15, 0.2) is 79.4 Å². The number of hydrogen-bond donors (Lipinski definition) is 2. The summed E-state index contributed by atoms with van der Waals surface area (Å²) >= 11 is 0. The number of rotatable bonds is 11. The number of urea groups is 1. The number of likely N-dealkylation sites (N-methyl/N-ethyl adjacent to an activating group) is 1. The number of hydrazine groups is 1. The average Bonchev–Trinajstić information content (AvgIpc) is 3.37. The smallest absolute Gasteiger partial charge is 0.410 e. The third kappa shape index (κ3) is 7.13. The first kappa shape index (κ1) is 32.5. The predicted molar refractivity (Wildman–Crippen MR) is 175 cm³/mol. The monoisotopic (exact) mass is 627 g/mol. The SMILES string of the molecule is C=CCN(C(=O)NC)N1CC(=O)N2C(Cc3ccc(OC(=O)NCCN(C)C)cc3)C(=O)N(Cc3cccc4ccccc34)C[C@@H]21. The summed E-state index contributed by atoms with van der Waals surface area (Å²) in [6.07, 6.45) is 0.744. The fourth-order valence-electron chi connectivity index (χ4n) is 6.02. The van der Waals surface area contributed by atoms with Crippen LogP contribution >= 0.6 is 0 Å². The number of amides is 5. The molecular formula is C34H41N7O5. The lowest BCUT2D eigenvalue weighted by atomic mass is 9.99. The van der Waals surface area contributed by atoms with E-state index in [1.165, 1.54) is 12.1 Å². The predicted octanol–water partition coefficient (Wildman–Crippen LogP) is 2.66. The molecule has 0 saturated carbocycles. The highest BCUT2D eigenvalue weighted by atomic mass is 16.6. The summed E-state index contributed by atoms with van der Waals surface area (Å²) in [6.45, 7) is 5.65. The van der Waals surface area contributed by atoms with Crippen LogP contribution in [0.25, 0.3) is 10.8 Å². The minimum atomic E-state index is -0.803. The molecule has 5 rings (SSSR count). The normalized spacial score (nSPS) is 18.1. The lowest BCUT2D eigenvalue weighted by Crippen LogP contribution is -2.65. The Morgan fingerprint density at radius 2 is 1.78 bits per heavy atom. The highest BCUT2D eigenvalue weighted by molar-refractivity contribution is 5.92. The van der Waals surface area contributed by atoms with Crippen molar-refractivity contribution in [1.82, 2.24) is 35.4 Å². The Morgan fingerprint density at radius 3 is 2.50 bits per heavy atom. The van der Waals surface area contributed by atoms with Crippen LogP contribution in [0.2, 0.25) is 0 Å². The molecule has 2 atom stereocenters. The zero-order valence-corrected chi connectivity index (χ0v) is 26.5. The van der Waals surface area contributed by atoms with Crippen molar-refractivity contribution in [1.29, 1.82) is 0 Å². The zero-order chi connectivity index (χ0) is 32.8. The van der Waals surface area contributed by atoms with E-state index in [0.29, 0.717) is 25.4 Å². The largest absolute Gasteiger partial charge is 0.412 e. The Labute approximate surface area is 269 Å². The Morgan fingerprint density at radius 1 is 1.04 bits per heavy atom. The van der Waals surface area contributed by atoms with Gasteiger partial charge in [-0.15, -0.1) is 6.58 Å². The Bertz CT molecular complexity index is 1590. The third-order valence-corrected chi connectivity index (χ3v) is 8.26. The first-order chi connectivity index (χ1) is 22.2. The van der Waals surface area contributed by atoms with Crippen LogP contribution in [-0.2, 0) is 22.6 Å². The van der Waals surface area contributed by atoms with Gasteiger partial charge in [-0.05, 0) is 48.1 Å². The summed E-state index contributed by atoms with van der Waals surface area (Å²) in [4.78, 5) is 58.3. The molecule has 2 N–H and O–H groups in total. The lowest BCUT2D eigenvalue weighted by Gasteiger charge is -2.46. The van der Waals surface area contributed by atoms with Gasteiger partial charge in [0.25, 0.3) is 0 Å². The van der Waals surface area contributed by atoms with Crippen molar-refractivity contribution in [2.24, 2.45) is 0 Å². The van der Waals surface area contributed by atoms with Crippen molar-refractivity contribution >= 4 is 34.7 Å². The second-order valence-electron chi connectivity index (χ2n) is 11.6. The van der Waals surface area contributed by atoms with Crippen LogP contribution < -0.4 is 15.4 Å². The molecule has 3 aromatic rings. The molecular weight excluding hydrogens is 586 g/mol. The number of hydrogen-bond acceptors (Lipinski definition) is 7. The van der Waals surface area contributed by atoms with Gasteiger partial charge in [0.2, 0.25) is 11.8 Å². The maximum atomic E-state index is 14.2. The molecule has 0 radical (unpaired) electrons. The first-order valence-electron chi connectivity index (χ1n) is 15.3. The Hall–Kier alpha value is -4.94. The molecule has 46 heavy (non-hydrogen) atoms. The van der Waals surface area contributed by atoms with Crippen LogP contribution in [0.4, 0.5) is 9.59 Å². The molecule has 2 heterocycles. The molecule has 3 aromatic carbocycles. The molecule has 5 amide bonds. The lowest BCUT2D eigenvalue weighted by molar-refractivity contribution is -0.157. The Kier molecular flexibility index (Phi) is 10.2. The molecule has 0 aliphatic carbocycles. The van der Waals surface area contributed by atoms with Crippen molar-refractivity contribution in [3.8, 4) is 5.75 Å². The number of fused-ring (bicyclic) bond motifs is 2. The van der Waals surface area contributed by atoms with Crippen LogP contribution in [-0.4, -0.2) is 115 Å². The molecule has 242 valence electrons. The van der Waals surface area contributed by atoms with Gasteiger partial charge in [0.05, 0.1) is 19.6 Å². The van der Waals surface area contributed by atoms with Gasteiger partial charge in [-0.25, -0.2) is 9.59 Å². The number of piperazine rings is 1. The maximum absolute atomic E-state index is 14.2. The van der Waals surface area contributed by atoms with Gasteiger partial charge in [0, 0.05) is 33.1 Å². The average molecular weight is 628 g/mol. The van der Waals surface area contributed by atoms with Gasteiger partial charge in [-0.1, -0.05) is 60.7 Å². The number of carbonyl (C=O) groups is 4. The van der Waals surface area contributed by atoms with Gasteiger partial charge >= 0.3 is 12.1 Å². The van der Waals surface area contributed by atoms with Gasteiger partial charge < -0.3 is 30.1 Å². The van der Waals surface area contributed by atoms with E-state index in [9.17, 15) is 19.2 Å². The number of nitrogens with one attached hydrogen (secondary N) is 2. The van der Waals surface area contributed by atoms with Crippen LogP contribution in [0.3, 0.4) is 0 Å². The van der Waals surface area contributed by atoms with Crippen LogP contribution in [0, 0.1) is 0 Å². The van der Waals surface area contributed by atoms with E-state index in [2.05, 4.69) is 17.2 Å². The fourth-order valence-corrected chi connectivity index (χ4v) is 6.02. The summed E-state index contributed by atoms with van der Waals surface area (Å²) in [6, 6.07) is 19.8. The van der Waals surface area contributed by atoms with E-state index >= 15 is 0 Å². The van der Waals surface area contributed by atoms with Crippen molar-refractivity contribution in [2.75, 3.05) is 53.9 Å².